The highest BCUT2D eigenvalue weighted by Gasteiger charge is 2.16. The number of sulfonamides is 1. The normalized spacial score (nSPS) is 12.9. The molecule has 5 rings (SSSR count). The van der Waals surface area contributed by atoms with E-state index in [0.29, 0.717) is 33.0 Å². The Labute approximate surface area is 182 Å². The lowest BCUT2D eigenvalue weighted by molar-refractivity contribution is 0.457. The van der Waals surface area contributed by atoms with Gasteiger partial charge in [-0.25, -0.2) is 18.4 Å². The Balaban J connectivity index is 1.54. The Hall–Kier alpha value is -3.62. The standard InChI is InChI=1S/C22H15ClN4O3S/c23-13-5-8-15(9-6-13)31(29,30)27-14-7-10-18-16(11-14)17(22(28)26-18)12-21-24-19-3-1-2-4-20(19)25-21/h1-12,26-28H. The van der Waals surface area contributed by atoms with E-state index in [1.807, 2.05) is 24.3 Å². The van der Waals surface area contributed by atoms with E-state index < -0.39 is 10.0 Å². The molecule has 1 aromatic heterocycles. The number of para-hydroxylation sites is 2. The first-order valence-electron chi connectivity index (χ1n) is 9.26. The van der Waals surface area contributed by atoms with Gasteiger partial charge in [0.15, 0.2) is 11.7 Å². The van der Waals surface area contributed by atoms with Gasteiger partial charge in [0.05, 0.1) is 15.6 Å². The first-order valence-corrected chi connectivity index (χ1v) is 11.1. The second-order valence-electron chi connectivity index (χ2n) is 6.92. The minimum Gasteiger partial charge on any atom is -0.494 e. The number of nitrogens with one attached hydrogen (secondary N) is 2. The maximum atomic E-state index is 12.7. The molecule has 0 fully saturated rings. The van der Waals surface area contributed by atoms with Crippen LogP contribution in [0, 0.1) is 0 Å². The number of halogens is 1. The van der Waals surface area contributed by atoms with E-state index in [1.54, 1.807) is 24.3 Å². The largest absolute Gasteiger partial charge is 0.494 e. The number of aromatic amines is 1. The van der Waals surface area contributed by atoms with Gasteiger partial charge in [-0.2, -0.15) is 0 Å². The van der Waals surface area contributed by atoms with Crippen molar-refractivity contribution in [1.29, 1.82) is 0 Å². The van der Waals surface area contributed by atoms with Gasteiger partial charge in [-0.1, -0.05) is 23.7 Å². The maximum Gasteiger partial charge on any atom is 0.261 e. The van der Waals surface area contributed by atoms with Crippen molar-refractivity contribution in [3.05, 3.63) is 93.9 Å². The number of rotatable bonds is 4. The lowest BCUT2D eigenvalue weighted by Crippen LogP contribution is -2.19. The minimum atomic E-state index is -3.80. The third kappa shape index (κ3) is 3.67. The lowest BCUT2D eigenvalue weighted by atomic mass is 10.1. The second-order valence-corrected chi connectivity index (χ2v) is 9.04. The van der Waals surface area contributed by atoms with Crippen LogP contribution in [0.2, 0.25) is 5.02 Å². The number of hydrogen-bond acceptors (Lipinski definition) is 5. The van der Waals surface area contributed by atoms with Gasteiger partial charge in [-0.15, -0.1) is 0 Å². The Morgan fingerprint density at radius 3 is 2.32 bits per heavy atom. The molecule has 0 atom stereocenters. The van der Waals surface area contributed by atoms with Crippen LogP contribution in [0.25, 0.3) is 17.0 Å². The number of nitrogens with zero attached hydrogens (tertiary/aromatic N) is 2. The van der Waals surface area contributed by atoms with Crippen molar-refractivity contribution < 1.29 is 13.5 Å². The summed E-state index contributed by atoms with van der Waals surface area (Å²) >= 11 is 5.84. The van der Waals surface area contributed by atoms with Crippen LogP contribution in [0.4, 0.5) is 5.69 Å². The van der Waals surface area contributed by atoms with Crippen molar-refractivity contribution in [2.75, 3.05) is 4.72 Å². The molecule has 0 saturated carbocycles. The summed E-state index contributed by atoms with van der Waals surface area (Å²) in [6.07, 6.45) is 1.66. The van der Waals surface area contributed by atoms with Gasteiger partial charge in [0.25, 0.3) is 10.0 Å². The van der Waals surface area contributed by atoms with Crippen molar-refractivity contribution in [1.82, 2.24) is 4.98 Å². The molecule has 0 spiro atoms. The van der Waals surface area contributed by atoms with E-state index in [0.717, 1.165) is 10.7 Å². The van der Waals surface area contributed by atoms with E-state index in [4.69, 9.17) is 11.6 Å². The molecule has 9 heteroatoms. The van der Waals surface area contributed by atoms with Crippen LogP contribution in [-0.4, -0.2) is 18.5 Å². The molecule has 1 aliphatic heterocycles. The molecule has 1 aliphatic rings. The van der Waals surface area contributed by atoms with Gasteiger partial charge < -0.3 is 10.1 Å². The van der Waals surface area contributed by atoms with Crippen molar-refractivity contribution >= 4 is 44.3 Å². The summed E-state index contributed by atoms with van der Waals surface area (Å²) in [7, 11) is -3.80. The molecule has 3 N–H and O–H groups in total. The molecule has 0 unspecified atom stereocenters. The fourth-order valence-electron chi connectivity index (χ4n) is 3.35. The van der Waals surface area contributed by atoms with Crippen LogP contribution in [0.5, 0.6) is 5.88 Å². The van der Waals surface area contributed by atoms with E-state index in [1.165, 1.54) is 24.3 Å². The summed E-state index contributed by atoms with van der Waals surface area (Å²) in [6, 6.07) is 18.3. The number of hydrogen-bond donors (Lipinski definition) is 3. The number of aromatic nitrogens is 1. The monoisotopic (exact) mass is 450 g/mol. The molecule has 154 valence electrons. The van der Waals surface area contributed by atoms with Crippen molar-refractivity contribution in [3.63, 3.8) is 0 Å². The minimum absolute atomic E-state index is 0.0541. The summed E-state index contributed by atoms with van der Waals surface area (Å²) in [5, 5.41) is 13.0. The molecular formula is C22H15ClN4O3S. The zero-order valence-electron chi connectivity index (χ0n) is 15.9. The topological polar surface area (TPSA) is 107 Å². The van der Waals surface area contributed by atoms with E-state index in [9.17, 15) is 13.5 Å². The molecule has 2 heterocycles. The van der Waals surface area contributed by atoms with Crippen LogP contribution >= 0.6 is 11.6 Å². The van der Waals surface area contributed by atoms with Crippen molar-refractivity contribution in [2.45, 2.75) is 4.90 Å². The third-order valence-electron chi connectivity index (χ3n) is 4.82. The predicted octanol–water partition coefficient (Wildman–Crippen LogP) is 3.58. The average Bonchev–Trinajstić information content (AvgIpc) is 3.29. The van der Waals surface area contributed by atoms with Gasteiger partial charge in [-0.05, 0) is 60.7 Å². The first kappa shape index (κ1) is 19.3. The number of aromatic hydroxyl groups is 1. The molecule has 7 nitrogen and oxygen atoms in total. The smallest absolute Gasteiger partial charge is 0.261 e. The molecule has 0 bridgehead atoms. The summed E-state index contributed by atoms with van der Waals surface area (Å²) < 4.78 is 27.9. The number of benzene rings is 3. The fourth-order valence-corrected chi connectivity index (χ4v) is 4.53. The zero-order chi connectivity index (χ0) is 21.6. The lowest BCUT2D eigenvalue weighted by Gasteiger charge is -2.08. The van der Waals surface area contributed by atoms with Gasteiger partial charge in [0.1, 0.15) is 0 Å². The molecular weight excluding hydrogens is 436 g/mol. The Morgan fingerprint density at radius 2 is 1.65 bits per heavy atom. The molecule has 0 amide bonds. The highest BCUT2D eigenvalue weighted by Crippen LogP contribution is 2.32. The molecule has 4 aromatic rings. The van der Waals surface area contributed by atoms with E-state index in [2.05, 4.69) is 19.7 Å². The van der Waals surface area contributed by atoms with Crippen LogP contribution in [0.3, 0.4) is 0 Å². The summed E-state index contributed by atoms with van der Waals surface area (Å²) in [5.41, 5.74) is 1.47. The van der Waals surface area contributed by atoms with E-state index >= 15 is 0 Å². The fraction of sp³-hybridized carbons (Fsp3) is 0. The van der Waals surface area contributed by atoms with Gasteiger partial charge in [-0.3, -0.25) is 4.72 Å². The average molecular weight is 451 g/mol. The van der Waals surface area contributed by atoms with Gasteiger partial charge >= 0.3 is 0 Å². The first-order chi connectivity index (χ1) is 14.9. The summed E-state index contributed by atoms with van der Waals surface area (Å²) in [6.45, 7) is 0. The summed E-state index contributed by atoms with van der Waals surface area (Å²) in [4.78, 5) is 11.9. The Bertz CT molecular complexity index is 1550. The maximum absolute atomic E-state index is 12.7. The molecule has 3 aromatic carbocycles. The third-order valence-corrected chi connectivity index (χ3v) is 6.47. The molecule has 31 heavy (non-hydrogen) atoms. The van der Waals surface area contributed by atoms with Gasteiger partial charge in [0.2, 0.25) is 0 Å². The SMILES string of the molecule is O=S(=O)(Nc1ccc2[nH]c(O)c(C=C3N=c4ccccc4=N3)c2c1)c1ccc(Cl)cc1. The Kier molecular flexibility index (Phi) is 4.53. The molecule has 0 radical (unpaired) electrons. The predicted molar refractivity (Wildman–Crippen MR) is 119 cm³/mol. The van der Waals surface area contributed by atoms with Crippen molar-refractivity contribution in [3.8, 4) is 5.88 Å². The summed E-state index contributed by atoms with van der Waals surface area (Å²) in [5.74, 6) is 0.395. The Morgan fingerprint density at radius 1 is 0.968 bits per heavy atom. The zero-order valence-corrected chi connectivity index (χ0v) is 17.4. The number of anilines is 1. The van der Waals surface area contributed by atoms with Crippen LogP contribution in [0.15, 0.2) is 87.4 Å². The van der Waals surface area contributed by atoms with Crippen LogP contribution in [0.1, 0.15) is 5.56 Å². The van der Waals surface area contributed by atoms with Gasteiger partial charge in [0, 0.05) is 27.2 Å². The van der Waals surface area contributed by atoms with E-state index in [-0.39, 0.29) is 10.8 Å². The molecule has 0 aliphatic carbocycles. The van der Waals surface area contributed by atoms with Crippen molar-refractivity contribution in [2.24, 2.45) is 9.98 Å². The quantitative estimate of drug-likeness (QED) is 0.442. The highest BCUT2D eigenvalue weighted by molar-refractivity contribution is 7.92. The highest BCUT2D eigenvalue weighted by atomic mass is 35.5. The molecule has 0 saturated heterocycles. The van der Waals surface area contributed by atoms with Crippen LogP contribution < -0.4 is 15.4 Å². The number of fused-ring (bicyclic) bond motifs is 2. The number of H-pyrrole nitrogens is 1. The van der Waals surface area contributed by atoms with Crippen LogP contribution in [-0.2, 0) is 10.0 Å². The second kappa shape index (κ2) is 7.26.